The molecule has 0 aromatic heterocycles. The first-order chi connectivity index (χ1) is 18.1. The number of halogens is 2. The van der Waals surface area contributed by atoms with Crippen molar-refractivity contribution in [3.05, 3.63) is 101 Å². The molecule has 0 spiro atoms. The molecule has 0 aliphatic heterocycles. The van der Waals surface area contributed by atoms with Crippen molar-refractivity contribution >= 4 is 39.1 Å². The molecule has 0 aliphatic carbocycles. The van der Waals surface area contributed by atoms with Gasteiger partial charge in [-0.05, 0) is 36.2 Å². The molecule has 0 bridgehead atoms. The molecule has 3 rings (SSSR count). The molecule has 10 heteroatoms. The summed E-state index contributed by atoms with van der Waals surface area (Å²) in [4.78, 5) is 27.9. The number of nitrogens with one attached hydrogen (secondary N) is 1. The van der Waals surface area contributed by atoms with E-state index in [0.29, 0.717) is 10.7 Å². The van der Waals surface area contributed by atoms with E-state index < -0.39 is 27.8 Å². The second-order valence-electron chi connectivity index (χ2n) is 8.85. The fourth-order valence-electron chi connectivity index (χ4n) is 4.17. The van der Waals surface area contributed by atoms with Crippen LogP contribution in [0, 0.1) is 5.82 Å². The average Bonchev–Trinajstić information content (AvgIpc) is 2.89. The number of carbonyl (C=O) groups excluding carboxylic acids is 2. The summed E-state index contributed by atoms with van der Waals surface area (Å²) < 4.78 is 40.7. The first kappa shape index (κ1) is 29.1. The van der Waals surface area contributed by atoms with E-state index in [1.165, 1.54) is 28.4 Å². The summed E-state index contributed by atoms with van der Waals surface area (Å²) in [6.07, 6.45) is 1.45. The van der Waals surface area contributed by atoms with Crippen LogP contribution in [-0.4, -0.2) is 51.0 Å². The molecule has 0 saturated heterocycles. The first-order valence-electron chi connectivity index (χ1n) is 12.1. The van der Waals surface area contributed by atoms with Crippen molar-refractivity contribution in [3.63, 3.8) is 0 Å². The quantitative estimate of drug-likeness (QED) is 0.356. The normalized spacial score (nSPS) is 12.0. The average molecular weight is 560 g/mol. The van der Waals surface area contributed by atoms with Crippen molar-refractivity contribution in [2.45, 2.75) is 31.8 Å². The van der Waals surface area contributed by atoms with Gasteiger partial charge in [-0.3, -0.25) is 13.9 Å². The number of nitrogens with zero attached hydrogens (tertiary/aromatic N) is 2. The van der Waals surface area contributed by atoms with Crippen LogP contribution in [0.25, 0.3) is 0 Å². The minimum absolute atomic E-state index is 0.0295. The molecule has 0 unspecified atom stereocenters. The zero-order valence-electron chi connectivity index (χ0n) is 21.3. The molecule has 7 nitrogen and oxygen atoms in total. The smallest absolute Gasteiger partial charge is 0.242 e. The number of hydrogen-bond acceptors (Lipinski definition) is 4. The third-order valence-electron chi connectivity index (χ3n) is 6.06. The maximum Gasteiger partial charge on any atom is 0.242 e. The molecular formula is C28H31ClFN3O4S. The minimum atomic E-state index is -3.65. The van der Waals surface area contributed by atoms with E-state index in [2.05, 4.69) is 5.32 Å². The molecule has 1 N–H and O–H groups in total. The zero-order valence-corrected chi connectivity index (χ0v) is 22.9. The van der Waals surface area contributed by atoms with Crippen LogP contribution < -0.4 is 9.62 Å². The Morgan fingerprint density at radius 2 is 1.68 bits per heavy atom. The predicted molar refractivity (Wildman–Crippen MR) is 148 cm³/mol. The third kappa shape index (κ3) is 8.03. The van der Waals surface area contributed by atoms with Gasteiger partial charge in [0.25, 0.3) is 0 Å². The van der Waals surface area contributed by atoms with Crippen LogP contribution in [0.2, 0.25) is 5.02 Å². The van der Waals surface area contributed by atoms with Gasteiger partial charge in [0.1, 0.15) is 11.9 Å². The summed E-state index contributed by atoms with van der Waals surface area (Å²) in [6, 6.07) is 20.9. The number of rotatable bonds is 12. The van der Waals surface area contributed by atoms with Crippen molar-refractivity contribution in [1.82, 2.24) is 10.2 Å². The van der Waals surface area contributed by atoms with Crippen LogP contribution >= 0.6 is 11.6 Å². The second kappa shape index (κ2) is 13.4. The SMILES string of the molecule is CNC(=O)[C@@H](Cc1ccccc1)N(Cc1ccccc1F)C(=O)CCCN(c1cccc(Cl)c1)S(C)(=O)=O. The minimum Gasteiger partial charge on any atom is -0.357 e. The van der Waals surface area contributed by atoms with E-state index in [1.807, 2.05) is 30.3 Å². The summed E-state index contributed by atoms with van der Waals surface area (Å²) in [5.41, 5.74) is 1.51. The summed E-state index contributed by atoms with van der Waals surface area (Å²) in [7, 11) is -2.16. The number of likely N-dealkylation sites (N-methyl/N-ethyl adjacent to an activating group) is 1. The molecule has 3 aromatic carbocycles. The molecule has 202 valence electrons. The topological polar surface area (TPSA) is 86.8 Å². The maximum absolute atomic E-state index is 14.6. The Bertz CT molecular complexity index is 1350. The number of sulfonamides is 1. The molecule has 0 fully saturated rings. The first-order valence-corrected chi connectivity index (χ1v) is 14.3. The van der Waals surface area contributed by atoms with Crippen molar-refractivity contribution < 1.29 is 22.4 Å². The van der Waals surface area contributed by atoms with Crippen LogP contribution in [0.1, 0.15) is 24.0 Å². The number of carbonyl (C=O) groups is 2. The molecule has 1 atom stereocenters. The number of benzene rings is 3. The van der Waals surface area contributed by atoms with Crippen molar-refractivity contribution in [1.29, 1.82) is 0 Å². The maximum atomic E-state index is 14.6. The van der Waals surface area contributed by atoms with Gasteiger partial charge in [0.05, 0.1) is 11.9 Å². The Balaban J connectivity index is 1.85. The molecule has 0 aliphatic rings. The highest BCUT2D eigenvalue weighted by Crippen LogP contribution is 2.23. The third-order valence-corrected chi connectivity index (χ3v) is 7.49. The lowest BCUT2D eigenvalue weighted by molar-refractivity contribution is -0.141. The summed E-state index contributed by atoms with van der Waals surface area (Å²) in [5.74, 6) is -1.25. The lowest BCUT2D eigenvalue weighted by Gasteiger charge is -2.31. The lowest BCUT2D eigenvalue weighted by atomic mass is 10.0. The van der Waals surface area contributed by atoms with E-state index in [0.717, 1.165) is 11.8 Å². The number of anilines is 1. The van der Waals surface area contributed by atoms with Crippen LogP contribution in [0.15, 0.2) is 78.9 Å². The Morgan fingerprint density at radius 1 is 1.00 bits per heavy atom. The second-order valence-corrected chi connectivity index (χ2v) is 11.2. The predicted octanol–water partition coefficient (Wildman–Crippen LogP) is 4.41. The molecule has 0 saturated carbocycles. The van der Waals surface area contributed by atoms with Crippen molar-refractivity contribution in [3.8, 4) is 0 Å². The molecule has 0 radical (unpaired) electrons. The highest BCUT2D eigenvalue weighted by molar-refractivity contribution is 7.92. The Kier molecular flexibility index (Phi) is 10.3. The van der Waals surface area contributed by atoms with E-state index in [1.54, 1.807) is 36.4 Å². The van der Waals surface area contributed by atoms with Gasteiger partial charge >= 0.3 is 0 Å². The van der Waals surface area contributed by atoms with Crippen LogP contribution in [0.3, 0.4) is 0 Å². The Labute approximate surface area is 228 Å². The fourth-order valence-corrected chi connectivity index (χ4v) is 5.31. The van der Waals surface area contributed by atoms with Gasteiger partial charge in [-0.25, -0.2) is 12.8 Å². The summed E-state index contributed by atoms with van der Waals surface area (Å²) >= 11 is 6.05. The Hall–Kier alpha value is -3.43. The van der Waals surface area contributed by atoms with Crippen LogP contribution in [0.4, 0.5) is 10.1 Å². The number of hydrogen-bond donors (Lipinski definition) is 1. The van der Waals surface area contributed by atoms with E-state index in [-0.39, 0.29) is 43.8 Å². The van der Waals surface area contributed by atoms with Gasteiger partial charge in [0.2, 0.25) is 21.8 Å². The van der Waals surface area contributed by atoms with Gasteiger partial charge in [-0.2, -0.15) is 0 Å². The van der Waals surface area contributed by atoms with E-state index in [4.69, 9.17) is 11.6 Å². The van der Waals surface area contributed by atoms with Crippen molar-refractivity contribution in [2.24, 2.45) is 0 Å². The molecule has 38 heavy (non-hydrogen) atoms. The van der Waals surface area contributed by atoms with Crippen LogP contribution in [0.5, 0.6) is 0 Å². The molecule has 0 heterocycles. The van der Waals surface area contributed by atoms with Crippen molar-refractivity contribution in [2.75, 3.05) is 24.2 Å². The molecular weight excluding hydrogens is 529 g/mol. The van der Waals surface area contributed by atoms with E-state index >= 15 is 0 Å². The lowest BCUT2D eigenvalue weighted by Crippen LogP contribution is -2.50. The van der Waals surface area contributed by atoms with E-state index in [9.17, 15) is 22.4 Å². The summed E-state index contributed by atoms with van der Waals surface area (Å²) in [6.45, 7) is -0.0811. The molecule has 3 aromatic rings. The highest BCUT2D eigenvalue weighted by atomic mass is 35.5. The standard InChI is InChI=1S/C28H31ClFN3O4S/c1-31-28(35)26(18-21-10-4-3-5-11-21)32(20-22-12-6-7-15-25(22)30)27(34)16-9-17-33(38(2,36)37)24-14-8-13-23(29)19-24/h3-8,10-15,19,26H,9,16-18,20H2,1-2H3,(H,31,35)/t26-/m1/s1. The largest absolute Gasteiger partial charge is 0.357 e. The summed E-state index contributed by atoms with van der Waals surface area (Å²) in [5, 5.41) is 3.00. The number of amides is 2. The Morgan fingerprint density at radius 3 is 2.32 bits per heavy atom. The van der Waals surface area contributed by atoms with Gasteiger partial charge in [-0.1, -0.05) is 66.2 Å². The monoisotopic (exact) mass is 559 g/mol. The molecule has 2 amide bonds. The van der Waals surface area contributed by atoms with Crippen LogP contribution in [-0.2, 0) is 32.6 Å². The fraction of sp³-hybridized carbons (Fsp3) is 0.286. The highest BCUT2D eigenvalue weighted by Gasteiger charge is 2.30. The van der Waals surface area contributed by atoms with Gasteiger partial charge in [-0.15, -0.1) is 0 Å². The zero-order chi connectivity index (χ0) is 27.7. The van der Waals surface area contributed by atoms with Gasteiger partial charge in [0.15, 0.2) is 0 Å². The van der Waals surface area contributed by atoms with Gasteiger partial charge < -0.3 is 10.2 Å². The van der Waals surface area contributed by atoms with Gasteiger partial charge in [0, 0.05) is 43.6 Å².